The first-order valence-electron chi connectivity index (χ1n) is 11.7. The summed E-state index contributed by atoms with van der Waals surface area (Å²) in [5, 5.41) is 39.7. The van der Waals surface area contributed by atoms with Crippen molar-refractivity contribution in [3.05, 3.63) is 59.5 Å². The fraction of sp³-hybridized carbons (Fsp3) is 0.280. The van der Waals surface area contributed by atoms with Gasteiger partial charge < -0.3 is 10.6 Å². The van der Waals surface area contributed by atoms with Gasteiger partial charge in [-0.25, -0.2) is 18.7 Å². The van der Waals surface area contributed by atoms with E-state index in [1.165, 1.54) is 0 Å². The van der Waals surface area contributed by atoms with Crippen LogP contribution in [0.4, 0.5) is 23.0 Å². The summed E-state index contributed by atoms with van der Waals surface area (Å²) >= 11 is 0.842. The third-order valence-electron chi connectivity index (χ3n) is 5.56. The quantitative estimate of drug-likeness (QED) is 0.0663. The monoisotopic (exact) mass is 556 g/mol. The minimum atomic E-state index is -3.43. The summed E-state index contributed by atoms with van der Waals surface area (Å²) in [6.07, 6.45) is 1.86. The molecule has 2 aromatic carbocycles. The molecule has 0 saturated heterocycles. The van der Waals surface area contributed by atoms with Crippen LogP contribution in [0.3, 0.4) is 0 Å². The molecule has 200 valence electrons. The van der Waals surface area contributed by atoms with Crippen LogP contribution in [0.15, 0.2) is 63.5 Å². The number of nitrogens with zero attached hydrogens (tertiary/aromatic N) is 4. The molecule has 3 rings (SSSR count). The van der Waals surface area contributed by atoms with Gasteiger partial charge in [0, 0.05) is 34.3 Å². The summed E-state index contributed by atoms with van der Waals surface area (Å²) in [4.78, 5) is 5.25. The molecule has 0 aliphatic rings. The zero-order valence-electron chi connectivity index (χ0n) is 21.0. The molecule has 0 unspecified atom stereocenters. The van der Waals surface area contributed by atoms with Crippen LogP contribution in [0.2, 0.25) is 0 Å². The predicted octanol–water partition coefficient (Wildman–Crippen LogP) is 6.44. The first-order chi connectivity index (χ1) is 18.3. The summed E-state index contributed by atoms with van der Waals surface area (Å²) < 4.78 is 28.4. The Balaban J connectivity index is 2.06. The molecule has 3 aromatic rings. The third kappa shape index (κ3) is 7.27. The number of fused-ring (bicyclic) bond motifs is 1. The molecule has 0 atom stereocenters. The van der Waals surface area contributed by atoms with Crippen LogP contribution in [-0.2, 0) is 19.2 Å². The molecule has 0 spiro atoms. The van der Waals surface area contributed by atoms with Gasteiger partial charge in [0.25, 0.3) is 0 Å². The first kappa shape index (κ1) is 29.0. The lowest BCUT2D eigenvalue weighted by atomic mass is 10.1. The molecule has 38 heavy (non-hydrogen) atoms. The lowest BCUT2D eigenvalue weighted by Gasteiger charge is -2.15. The molecular weight excluding hydrogens is 528 g/mol. The Morgan fingerprint density at radius 1 is 1.16 bits per heavy atom. The largest absolute Gasteiger partial charge is 0.369 e. The minimum absolute atomic E-state index is 0.0609. The van der Waals surface area contributed by atoms with Crippen molar-refractivity contribution < 1.29 is 23.0 Å². The number of anilines is 2. The Labute approximate surface area is 225 Å². The number of unbranched alkanes of at least 4 members (excludes halogenated alkanes) is 1. The van der Waals surface area contributed by atoms with E-state index in [0.717, 1.165) is 41.1 Å². The number of sulfone groups is 1. The lowest BCUT2D eigenvalue weighted by Crippen LogP contribution is -2.15. The highest BCUT2D eigenvalue weighted by atomic mass is 32.2. The van der Waals surface area contributed by atoms with Gasteiger partial charge in [-0.2, -0.15) is 5.26 Å². The van der Waals surface area contributed by atoms with Gasteiger partial charge >= 0.3 is 0 Å². The van der Waals surface area contributed by atoms with Gasteiger partial charge in [0.15, 0.2) is 15.7 Å². The van der Waals surface area contributed by atoms with E-state index in [2.05, 4.69) is 54.8 Å². The van der Waals surface area contributed by atoms with Crippen LogP contribution in [0.1, 0.15) is 30.9 Å². The molecule has 0 saturated carbocycles. The Morgan fingerprint density at radius 3 is 2.58 bits per heavy atom. The zero-order chi connectivity index (χ0) is 27.5. The average Bonchev–Trinajstić information content (AvgIpc) is 2.92. The smallest absolute Gasteiger partial charge is 0.172 e. The number of nitrogens with one attached hydrogen (secondary N) is 2. The molecule has 1 heterocycles. The maximum Gasteiger partial charge on any atom is 0.172 e. The fourth-order valence-corrected chi connectivity index (χ4v) is 4.60. The normalized spacial score (nSPS) is 11.5. The van der Waals surface area contributed by atoms with Gasteiger partial charge in [-0.1, -0.05) is 49.2 Å². The van der Waals surface area contributed by atoms with E-state index in [1.807, 2.05) is 24.3 Å². The number of aromatic nitrogens is 1. The molecule has 13 heteroatoms. The van der Waals surface area contributed by atoms with Crippen LogP contribution in [0, 0.1) is 18.3 Å². The molecule has 3 N–H and O–H groups in total. The van der Waals surface area contributed by atoms with Crippen molar-refractivity contribution in [2.75, 3.05) is 29.5 Å². The van der Waals surface area contributed by atoms with Crippen molar-refractivity contribution in [3.63, 3.8) is 0 Å². The minimum Gasteiger partial charge on any atom is -0.369 e. The molecule has 0 aliphatic heterocycles. The van der Waals surface area contributed by atoms with Crippen LogP contribution >= 0.6 is 12.0 Å². The van der Waals surface area contributed by atoms with E-state index in [1.54, 1.807) is 19.1 Å². The van der Waals surface area contributed by atoms with Gasteiger partial charge in [0.1, 0.15) is 17.6 Å². The van der Waals surface area contributed by atoms with Crippen LogP contribution < -0.4 is 10.6 Å². The lowest BCUT2D eigenvalue weighted by molar-refractivity contribution is -0.432. The maximum absolute atomic E-state index is 11.9. The van der Waals surface area contributed by atoms with E-state index >= 15 is 0 Å². The predicted molar refractivity (Wildman–Crippen MR) is 148 cm³/mol. The van der Waals surface area contributed by atoms with Gasteiger partial charge in [0.05, 0.1) is 29.0 Å². The molecule has 0 radical (unpaired) electrons. The molecule has 0 fully saturated rings. The summed E-state index contributed by atoms with van der Waals surface area (Å²) in [5.74, 6) is 0.508. The first-order valence-corrected chi connectivity index (χ1v) is 14.2. The third-order valence-corrected chi connectivity index (χ3v) is 7.50. The highest BCUT2D eigenvalue weighted by Gasteiger charge is 2.18. The standard InChI is InChI=1S/C25H28N6O5S2/c1-4-6-13-27-24-20(16-26)17(3)23(25(29-24)28-14-15-38(33,34)5-2)31-30-21-11-12-22(37-36-35-32)19-10-8-7-9-18(19)21/h5,7-12,32H,2,4,6,13-15H2,1,3H3,(H2,27,28,29). The van der Waals surface area contributed by atoms with Crippen LogP contribution in [-0.4, -0.2) is 37.5 Å². The van der Waals surface area contributed by atoms with Crippen molar-refractivity contribution in [1.29, 1.82) is 5.26 Å². The van der Waals surface area contributed by atoms with Gasteiger partial charge in [-0.05, 0) is 30.9 Å². The summed E-state index contributed by atoms with van der Waals surface area (Å²) in [7, 11) is -3.43. The summed E-state index contributed by atoms with van der Waals surface area (Å²) in [6.45, 7) is 7.83. The van der Waals surface area contributed by atoms with Crippen molar-refractivity contribution >= 4 is 55.7 Å². The zero-order valence-corrected chi connectivity index (χ0v) is 22.6. The van der Waals surface area contributed by atoms with E-state index in [0.29, 0.717) is 45.6 Å². The Kier molecular flexibility index (Phi) is 10.6. The van der Waals surface area contributed by atoms with E-state index in [-0.39, 0.29) is 12.3 Å². The highest BCUT2D eigenvalue weighted by molar-refractivity contribution is 7.94. The Bertz CT molecular complexity index is 1470. The average molecular weight is 557 g/mol. The van der Waals surface area contributed by atoms with Gasteiger partial charge in [-0.15, -0.1) is 14.6 Å². The molecule has 0 amide bonds. The number of hydrogen-bond acceptors (Lipinski definition) is 12. The molecular formula is C25H28N6O5S2. The second kappa shape index (κ2) is 13.8. The maximum atomic E-state index is 11.9. The highest BCUT2D eigenvalue weighted by Crippen LogP contribution is 2.38. The number of nitriles is 1. The van der Waals surface area contributed by atoms with Crippen molar-refractivity contribution in [2.24, 2.45) is 10.2 Å². The van der Waals surface area contributed by atoms with Gasteiger partial charge in [0.2, 0.25) is 0 Å². The SMILES string of the molecule is C=CS(=O)(=O)CCNc1nc(NCCCC)c(C#N)c(C)c1N=Nc1ccc(SOOO)c2ccccc12. The van der Waals surface area contributed by atoms with Crippen LogP contribution in [0.25, 0.3) is 10.8 Å². The molecule has 0 bridgehead atoms. The number of azo groups is 1. The molecule has 1 aromatic heterocycles. The van der Waals surface area contributed by atoms with E-state index < -0.39 is 9.84 Å². The van der Waals surface area contributed by atoms with E-state index in [9.17, 15) is 13.7 Å². The number of rotatable bonds is 14. The van der Waals surface area contributed by atoms with Crippen molar-refractivity contribution in [1.82, 2.24) is 4.98 Å². The fourth-order valence-electron chi connectivity index (χ4n) is 3.55. The van der Waals surface area contributed by atoms with Crippen LogP contribution in [0.5, 0.6) is 0 Å². The molecule has 0 aliphatic carbocycles. The topological polar surface area (TPSA) is 158 Å². The number of hydrogen-bond donors (Lipinski definition) is 3. The van der Waals surface area contributed by atoms with E-state index in [4.69, 9.17) is 5.26 Å². The number of pyridine rings is 1. The van der Waals surface area contributed by atoms with Gasteiger partial charge in [-0.3, -0.25) is 0 Å². The van der Waals surface area contributed by atoms with Crippen molar-refractivity contribution in [3.8, 4) is 6.07 Å². The van der Waals surface area contributed by atoms with Crippen molar-refractivity contribution in [2.45, 2.75) is 31.6 Å². The number of benzene rings is 2. The second-order valence-electron chi connectivity index (χ2n) is 8.06. The summed E-state index contributed by atoms with van der Waals surface area (Å²) in [6, 6.07) is 13.1. The second-order valence-corrected chi connectivity index (χ2v) is 10.9. The Hall–Kier alpha value is -3.54. The summed E-state index contributed by atoms with van der Waals surface area (Å²) in [5.41, 5.74) is 1.73. The Morgan fingerprint density at radius 2 is 1.89 bits per heavy atom. The molecule has 11 nitrogen and oxygen atoms in total.